The van der Waals surface area contributed by atoms with E-state index >= 15 is 0 Å². The second-order valence-electron chi connectivity index (χ2n) is 5.47. The van der Waals surface area contributed by atoms with E-state index in [0.717, 1.165) is 31.2 Å². The fraction of sp³-hybridized carbons (Fsp3) is 0.467. The minimum atomic E-state index is 0.0949. The lowest BCUT2D eigenvalue weighted by molar-refractivity contribution is -0.122. The molecule has 1 aromatic carbocycles. The van der Waals surface area contributed by atoms with Gasteiger partial charge < -0.3 is 0 Å². The fourth-order valence-corrected chi connectivity index (χ4v) is 2.79. The van der Waals surface area contributed by atoms with Gasteiger partial charge in [-0.05, 0) is 23.6 Å². The standard InChI is InChI=1S/C15H19N5O/c1-19-17-15(16-18-19)20(11-12-7-3-2-4-8-12)14(21)13-9-5-6-10-13/h2-4,7-8,13H,5-6,9-11H2,1H3. The maximum Gasteiger partial charge on any atom is 0.272 e. The van der Waals surface area contributed by atoms with Crippen LogP contribution in [-0.4, -0.2) is 26.1 Å². The van der Waals surface area contributed by atoms with Gasteiger partial charge in [-0.15, -0.1) is 5.10 Å². The SMILES string of the molecule is Cn1nnc(N(Cc2ccccc2)C(=O)C2CCCC2)n1. The van der Waals surface area contributed by atoms with Gasteiger partial charge in [0.1, 0.15) is 0 Å². The third-order valence-corrected chi connectivity index (χ3v) is 3.89. The van der Waals surface area contributed by atoms with Crippen LogP contribution >= 0.6 is 0 Å². The normalized spacial score (nSPS) is 15.3. The van der Waals surface area contributed by atoms with Crippen molar-refractivity contribution in [3.8, 4) is 0 Å². The summed E-state index contributed by atoms with van der Waals surface area (Å²) in [7, 11) is 1.71. The molecule has 21 heavy (non-hydrogen) atoms. The maximum absolute atomic E-state index is 12.8. The number of tetrazole rings is 1. The first-order valence-corrected chi connectivity index (χ1v) is 7.33. The summed E-state index contributed by atoms with van der Waals surface area (Å²) >= 11 is 0. The van der Waals surface area contributed by atoms with Crippen LogP contribution in [0.15, 0.2) is 30.3 Å². The molecule has 1 fully saturated rings. The van der Waals surface area contributed by atoms with Crippen molar-refractivity contribution in [3.05, 3.63) is 35.9 Å². The molecule has 1 aliphatic rings. The van der Waals surface area contributed by atoms with Crippen molar-refractivity contribution < 1.29 is 4.79 Å². The first kappa shape index (κ1) is 13.7. The third kappa shape index (κ3) is 3.09. The third-order valence-electron chi connectivity index (χ3n) is 3.89. The number of benzene rings is 1. The van der Waals surface area contributed by atoms with Crippen molar-refractivity contribution >= 4 is 11.9 Å². The summed E-state index contributed by atoms with van der Waals surface area (Å²) in [5.41, 5.74) is 1.07. The Kier molecular flexibility index (Phi) is 3.94. The molecule has 1 heterocycles. The summed E-state index contributed by atoms with van der Waals surface area (Å²) < 4.78 is 0. The predicted octanol–water partition coefficient (Wildman–Crippen LogP) is 1.93. The molecule has 6 nitrogen and oxygen atoms in total. The molecule has 0 N–H and O–H groups in total. The zero-order chi connectivity index (χ0) is 14.7. The highest BCUT2D eigenvalue weighted by atomic mass is 16.2. The first-order chi connectivity index (χ1) is 10.2. The highest BCUT2D eigenvalue weighted by Gasteiger charge is 2.30. The number of hydrogen-bond donors (Lipinski definition) is 0. The van der Waals surface area contributed by atoms with Crippen LogP contribution in [0.5, 0.6) is 0 Å². The number of nitrogens with zero attached hydrogens (tertiary/aromatic N) is 5. The van der Waals surface area contributed by atoms with Crippen molar-refractivity contribution in [1.29, 1.82) is 0 Å². The molecule has 6 heteroatoms. The monoisotopic (exact) mass is 285 g/mol. The van der Waals surface area contributed by atoms with Crippen LogP contribution in [0.4, 0.5) is 5.95 Å². The van der Waals surface area contributed by atoms with Gasteiger partial charge in [0.2, 0.25) is 5.91 Å². The van der Waals surface area contributed by atoms with Gasteiger partial charge >= 0.3 is 0 Å². The predicted molar refractivity (Wildman–Crippen MR) is 78.4 cm³/mol. The lowest BCUT2D eigenvalue weighted by atomic mass is 10.1. The molecule has 0 bridgehead atoms. The van der Waals surface area contributed by atoms with Gasteiger partial charge in [0, 0.05) is 5.92 Å². The molecule has 2 aromatic rings. The summed E-state index contributed by atoms with van der Waals surface area (Å²) in [4.78, 5) is 15.8. The Morgan fingerprint density at radius 3 is 2.62 bits per heavy atom. The van der Waals surface area contributed by atoms with E-state index in [0.29, 0.717) is 12.5 Å². The van der Waals surface area contributed by atoms with Crippen LogP contribution < -0.4 is 4.90 Å². The Labute approximate surface area is 123 Å². The lowest BCUT2D eigenvalue weighted by Crippen LogP contribution is -2.35. The van der Waals surface area contributed by atoms with Crippen molar-refractivity contribution in [2.45, 2.75) is 32.2 Å². The number of amides is 1. The molecule has 1 aliphatic carbocycles. The van der Waals surface area contributed by atoms with E-state index in [2.05, 4.69) is 15.4 Å². The zero-order valence-corrected chi connectivity index (χ0v) is 12.1. The molecule has 1 aromatic heterocycles. The Balaban J connectivity index is 1.85. The van der Waals surface area contributed by atoms with E-state index in [1.807, 2.05) is 30.3 Å². The quantitative estimate of drug-likeness (QED) is 0.861. The molecule has 110 valence electrons. The van der Waals surface area contributed by atoms with Crippen LogP contribution in [0.3, 0.4) is 0 Å². The summed E-state index contributed by atoms with van der Waals surface area (Å²) in [6.45, 7) is 0.488. The number of hydrogen-bond acceptors (Lipinski definition) is 4. The van der Waals surface area contributed by atoms with E-state index in [1.54, 1.807) is 11.9 Å². The molecule has 0 spiro atoms. The first-order valence-electron chi connectivity index (χ1n) is 7.33. The minimum Gasteiger partial charge on any atom is -0.274 e. The number of anilines is 1. The van der Waals surface area contributed by atoms with Gasteiger partial charge in [-0.25, -0.2) is 0 Å². The topological polar surface area (TPSA) is 63.9 Å². The number of aromatic nitrogens is 4. The lowest BCUT2D eigenvalue weighted by Gasteiger charge is -2.22. The van der Waals surface area contributed by atoms with Crippen molar-refractivity contribution in [3.63, 3.8) is 0 Å². The largest absolute Gasteiger partial charge is 0.274 e. The van der Waals surface area contributed by atoms with E-state index in [4.69, 9.17) is 0 Å². The molecule has 0 unspecified atom stereocenters. The number of carbonyl (C=O) groups is 1. The van der Waals surface area contributed by atoms with E-state index in [9.17, 15) is 4.79 Å². The van der Waals surface area contributed by atoms with Gasteiger partial charge in [-0.1, -0.05) is 48.3 Å². The average molecular weight is 285 g/mol. The van der Waals surface area contributed by atoms with Crippen molar-refractivity contribution in [2.24, 2.45) is 13.0 Å². The smallest absolute Gasteiger partial charge is 0.272 e. The number of rotatable bonds is 4. The van der Waals surface area contributed by atoms with Crippen LogP contribution in [0.1, 0.15) is 31.2 Å². The molecular formula is C15H19N5O. The summed E-state index contributed by atoms with van der Waals surface area (Å²) in [6, 6.07) is 9.92. The second kappa shape index (κ2) is 6.03. The maximum atomic E-state index is 12.8. The Hall–Kier alpha value is -2.24. The summed E-state index contributed by atoms with van der Waals surface area (Å²) in [5, 5.41) is 12.1. The van der Waals surface area contributed by atoms with Crippen LogP contribution in [0, 0.1) is 5.92 Å². The van der Waals surface area contributed by atoms with Crippen molar-refractivity contribution in [2.75, 3.05) is 4.90 Å². The van der Waals surface area contributed by atoms with Crippen LogP contribution in [-0.2, 0) is 18.4 Å². The van der Waals surface area contributed by atoms with Gasteiger partial charge in [-0.2, -0.15) is 4.80 Å². The second-order valence-corrected chi connectivity index (χ2v) is 5.47. The van der Waals surface area contributed by atoms with Gasteiger partial charge in [-0.3, -0.25) is 9.69 Å². The molecule has 0 atom stereocenters. The van der Waals surface area contributed by atoms with E-state index < -0.39 is 0 Å². The molecule has 3 rings (SSSR count). The Morgan fingerprint density at radius 2 is 2.00 bits per heavy atom. The van der Waals surface area contributed by atoms with Gasteiger partial charge in [0.25, 0.3) is 5.95 Å². The van der Waals surface area contributed by atoms with Gasteiger partial charge in [0.05, 0.1) is 13.6 Å². The Morgan fingerprint density at radius 1 is 1.29 bits per heavy atom. The molecule has 1 saturated carbocycles. The molecule has 0 saturated heterocycles. The van der Waals surface area contributed by atoms with Crippen molar-refractivity contribution in [1.82, 2.24) is 20.2 Å². The van der Waals surface area contributed by atoms with Crippen LogP contribution in [0.25, 0.3) is 0 Å². The fourth-order valence-electron chi connectivity index (χ4n) is 2.79. The highest BCUT2D eigenvalue weighted by molar-refractivity contribution is 5.93. The molecule has 0 radical (unpaired) electrons. The highest BCUT2D eigenvalue weighted by Crippen LogP contribution is 2.28. The Bertz CT molecular complexity index is 604. The molecular weight excluding hydrogens is 266 g/mol. The number of carbonyl (C=O) groups excluding carboxylic acids is 1. The molecule has 0 aliphatic heterocycles. The van der Waals surface area contributed by atoms with E-state index in [-0.39, 0.29) is 11.8 Å². The number of aryl methyl sites for hydroxylation is 1. The average Bonchev–Trinajstić information content (AvgIpc) is 3.16. The summed E-state index contributed by atoms with van der Waals surface area (Å²) in [5.74, 6) is 0.597. The summed E-state index contributed by atoms with van der Waals surface area (Å²) in [6.07, 6.45) is 4.18. The zero-order valence-electron chi connectivity index (χ0n) is 12.1. The van der Waals surface area contributed by atoms with E-state index in [1.165, 1.54) is 4.80 Å². The molecule has 1 amide bonds. The van der Waals surface area contributed by atoms with Gasteiger partial charge in [0.15, 0.2) is 0 Å². The van der Waals surface area contributed by atoms with Crippen LogP contribution in [0.2, 0.25) is 0 Å². The minimum absolute atomic E-state index is 0.0949.